The molecule has 31 heavy (non-hydrogen) atoms. The van der Waals surface area contributed by atoms with Crippen molar-refractivity contribution in [2.75, 3.05) is 18.0 Å². The molecule has 160 valence electrons. The van der Waals surface area contributed by atoms with E-state index in [1.807, 2.05) is 17.0 Å². The zero-order valence-electron chi connectivity index (χ0n) is 15.8. The second kappa shape index (κ2) is 10.5. The monoisotopic (exact) mass is 494 g/mol. The number of nitriles is 2. The third-order valence-corrected chi connectivity index (χ3v) is 4.64. The van der Waals surface area contributed by atoms with Gasteiger partial charge >= 0.3 is 6.18 Å². The number of hydrogen-bond acceptors (Lipinski definition) is 7. The number of non-ortho nitro benzene ring substituents is 1. The molecule has 0 saturated heterocycles. The van der Waals surface area contributed by atoms with E-state index in [1.54, 1.807) is 12.1 Å². The molecule has 0 spiro atoms. The maximum atomic E-state index is 13.3. The lowest BCUT2D eigenvalue weighted by Crippen LogP contribution is -2.25. The summed E-state index contributed by atoms with van der Waals surface area (Å²) in [7, 11) is 0. The fourth-order valence-corrected chi connectivity index (χ4v) is 3.11. The summed E-state index contributed by atoms with van der Waals surface area (Å²) in [6.07, 6.45) is -4.34. The number of nitro benzene ring substituents is 1. The van der Waals surface area contributed by atoms with E-state index in [-0.39, 0.29) is 23.0 Å². The molecular formula is C19H14BrF3N6O2. The van der Waals surface area contributed by atoms with Crippen LogP contribution in [0.5, 0.6) is 0 Å². The van der Waals surface area contributed by atoms with Crippen LogP contribution in [-0.4, -0.2) is 18.0 Å². The molecule has 0 atom stereocenters. The molecule has 12 heteroatoms. The molecule has 0 aliphatic heterocycles. The summed E-state index contributed by atoms with van der Waals surface area (Å²) in [5, 5.41) is 35.9. The molecular weight excluding hydrogens is 481 g/mol. The van der Waals surface area contributed by atoms with E-state index in [2.05, 4.69) is 26.2 Å². The van der Waals surface area contributed by atoms with Crippen LogP contribution >= 0.6 is 15.9 Å². The summed E-state index contributed by atoms with van der Waals surface area (Å²) in [5.74, 6) is 0. The van der Waals surface area contributed by atoms with E-state index < -0.39 is 28.0 Å². The number of alkyl halides is 3. The molecule has 0 N–H and O–H groups in total. The van der Waals surface area contributed by atoms with Crippen molar-refractivity contribution in [1.29, 1.82) is 10.5 Å². The maximum Gasteiger partial charge on any atom is 0.418 e. The van der Waals surface area contributed by atoms with Gasteiger partial charge in [0.1, 0.15) is 5.69 Å². The van der Waals surface area contributed by atoms with Gasteiger partial charge in [-0.3, -0.25) is 10.1 Å². The number of nitrogens with zero attached hydrogens (tertiary/aromatic N) is 6. The fourth-order valence-electron chi connectivity index (χ4n) is 2.59. The maximum absolute atomic E-state index is 13.3. The first kappa shape index (κ1) is 23.8. The highest BCUT2D eigenvalue weighted by molar-refractivity contribution is 9.10. The van der Waals surface area contributed by atoms with Gasteiger partial charge in [0, 0.05) is 30.9 Å². The van der Waals surface area contributed by atoms with Crippen LogP contribution in [0.4, 0.5) is 35.9 Å². The highest BCUT2D eigenvalue weighted by Gasteiger charge is 2.36. The molecule has 2 rings (SSSR count). The molecule has 2 aromatic carbocycles. The number of halogens is 4. The first-order valence-electron chi connectivity index (χ1n) is 8.73. The lowest BCUT2D eigenvalue weighted by molar-refractivity contribution is -0.385. The molecule has 0 heterocycles. The Kier molecular flexibility index (Phi) is 8.05. The standard InChI is InChI=1S/C19H14BrF3N6O2/c20-17-12-15(29(30)31)11-16(19(21,22)23)18(17)27-26-13-3-5-14(6-4-13)28(9-1-7-24)10-2-8-25/h3-6,11-12H,1-2,9-10H2. The van der Waals surface area contributed by atoms with Gasteiger partial charge in [0.15, 0.2) is 0 Å². The molecule has 0 fully saturated rings. The van der Waals surface area contributed by atoms with Gasteiger partial charge in [-0.05, 0) is 40.2 Å². The molecule has 0 unspecified atom stereocenters. The van der Waals surface area contributed by atoms with Gasteiger partial charge in [-0.25, -0.2) is 0 Å². The molecule has 0 aliphatic carbocycles. The smallest absolute Gasteiger partial charge is 0.369 e. The SMILES string of the molecule is N#CCCN(CCC#N)c1ccc(N=Nc2c(Br)cc([N+](=O)[O-])cc2C(F)(F)F)cc1. The van der Waals surface area contributed by atoms with Crippen molar-refractivity contribution in [3.8, 4) is 12.1 Å². The Morgan fingerprint density at radius 1 is 1.06 bits per heavy atom. The van der Waals surface area contributed by atoms with Crippen molar-refractivity contribution in [3.63, 3.8) is 0 Å². The van der Waals surface area contributed by atoms with E-state index in [9.17, 15) is 23.3 Å². The minimum Gasteiger partial charge on any atom is -0.369 e. The zero-order valence-corrected chi connectivity index (χ0v) is 17.4. The lowest BCUT2D eigenvalue weighted by Gasteiger charge is -2.22. The number of azo groups is 1. The fraction of sp³-hybridized carbons (Fsp3) is 0.263. The highest BCUT2D eigenvalue weighted by atomic mass is 79.9. The van der Waals surface area contributed by atoms with Crippen LogP contribution in [0.2, 0.25) is 0 Å². The van der Waals surface area contributed by atoms with E-state index in [0.717, 1.165) is 11.8 Å². The average Bonchev–Trinajstić information content (AvgIpc) is 2.72. The van der Waals surface area contributed by atoms with Crippen LogP contribution in [0.1, 0.15) is 18.4 Å². The molecule has 0 radical (unpaired) electrons. The molecule has 0 aromatic heterocycles. The van der Waals surface area contributed by atoms with Crippen molar-refractivity contribution >= 4 is 38.7 Å². The number of anilines is 1. The quantitative estimate of drug-likeness (QED) is 0.238. The molecule has 0 amide bonds. The number of rotatable bonds is 8. The van der Waals surface area contributed by atoms with Crippen LogP contribution in [0, 0.1) is 32.8 Å². The summed E-state index contributed by atoms with van der Waals surface area (Å²) < 4.78 is 39.8. The van der Waals surface area contributed by atoms with Crippen LogP contribution < -0.4 is 4.90 Å². The van der Waals surface area contributed by atoms with E-state index >= 15 is 0 Å². The average molecular weight is 495 g/mol. The highest BCUT2D eigenvalue weighted by Crippen LogP contribution is 2.43. The van der Waals surface area contributed by atoms with Crippen LogP contribution in [-0.2, 0) is 6.18 Å². The topological polar surface area (TPSA) is 119 Å². The number of nitro groups is 1. The van der Waals surface area contributed by atoms with Gasteiger partial charge in [-0.2, -0.15) is 28.8 Å². The summed E-state index contributed by atoms with van der Waals surface area (Å²) in [6, 6.07) is 11.7. The van der Waals surface area contributed by atoms with Gasteiger partial charge < -0.3 is 4.90 Å². The normalized spacial score (nSPS) is 11.2. The van der Waals surface area contributed by atoms with Crippen molar-refractivity contribution in [2.45, 2.75) is 19.0 Å². The Balaban J connectivity index is 2.33. The Morgan fingerprint density at radius 2 is 1.65 bits per heavy atom. The third kappa shape index (κ3) is 6.49. The van der Waals surface area contributed by atoms with Crippen molar-refractivity contribution in [3.05, 3.63) is 56.5 Å². The van der Waals surface area contributed by atoms with Gasteiger partial charge in [-0.15, -0.1) is 5.11 Å². The first-order valence-corrected chi connectivity index (χ1v) is 9.52. The summed E-state index contributed by atoms with van der Waals surface area (Å²) in [4.78, 5) is 11.8. The second-order valence-corrected chi connectivity index (χ2v) is 6.95. The van der Waals surface area contributed by atoms with Gasteiger partial charge in [0.05, 0.1) is 45.6 Å². The minimum absolute atomic E-state index is 0.214. The Labute approximate surface area is 183 Å². The first-order chi connectivity index (χ1) is 14.7. The van der Waals surface area contributed by atoms with Gasteiger partial charge in [-0.1, -0.05) is 0 Å². The summed E-state index contributed by atoms with van der Waals surface area (Å²) in [5.41, 5.74) is -1.61. The predicted molar refractivity (Wildman–Crippen MR) is 109 cm³/mol. The molecule has 8 nitrogen and oxygen atoms in total. The van der Waals surface area contributed by atoms with E-state index in [0.29, 0.717) is 19.2 Å². The van der Waals surface area contributed by atoms with Gasteiger partial charge in [0.25, 0.3) is 5.69 Å². The summed E-state index contributed by atoms with van der Waals surface area (Å²) >= 11 is 2.89. The van der Waals surface area contributed by atoms with Crippen LogP contribution in [0.15, 0.2) is 51.1 Å². The van der Waals surface area contributed by atoms with Crippen molar-refractivity contribution in [2.24, 2.45) is 10.2 Å². The Bertz CT molecular complexity index is 1040. The van der Waals surface area contributed by atoms with E-state index in [4.69, 9.17) is 10.5 Å². The Morgan fingerprint density at radius 3 is 2.13 bits per heavy atom. The van der Waals surface area contributed by atoms with Crippen LogP contribution in [0.3, 0.4) is 0 Å². The third-order valence-electron chi connectivity index (χ3n) is 4.03. The molecule has 0 bridgehead atoms. The minimum atomic E-state index is -4.87. The van der Waals surface area contributed by atoms with Crippen molar-refractivity contribution in [1.82, 2.24) is 0 Å². The number of hydrogen-bond donors (Lipinski definition) is 0. The van der Waals surface area contributed by atoms with E-state index in [1.165, 1.54) is 12.1 Å². The molecule has 2 aromatic rings. The largest absolute Gasteiger partial charge is 0.418 e. The Hall–Kier alpha value is -3.51. The van der Waals surface area contributed by atoms with Gasteiger partial charge in [0.2, 0.25) is 0 Å². The zero-order chi connectivity index (χ0) is 23.0. The molecule has 0 aliphatic rings. The molecule has 0 saturated carbocycles. The second-order valence-electron chi connectivity index (χ2n) is 6.10. The lowest BCUT2D eigenvalue weighted by atomic mass is 10.1. The number of benzene rings is 2. The summed E-state index contributed by atoms with van der Waals surface area (Å²) in [6.45, 7) is 0.841. The predicted octanol–water partition coefficient (Wildman–Crippen LogP) is 6.43. The van der Waals surface area contributed by atoms with Crippen LogP contribution in [0.25, 0.3) is 0 Å². The van der Waals surface area contributed by atoms with Crippen molar-refractivity contribution < 1.29 is 18.1 Å².